The topological polar surface area (TPSA) is 572 Å². The Hall–Kier alpha value is -2.75. The smallest absolute Gasteiger partial charge is 0.364 e. The van der Waals surface area contributed by atoms with Crippen LogP contribution in [0.5, 0.6) is 0 Å². The summed E-state index contributed by atoms with van der Waals surface area (Å²) in [7, 11) is 0. The molecule has 5 aliphatic heterocycles. The molecule has 5 aliphatic rings. The largest absolute Gasteiger partial charge is 0.477 e. The Kier molecular flexibility index (Phi) is 24.1. The summed E-state index contributed by atoms with van der Waals surface area (Å²) >= 11 is 0. The average Bonchev–Trinajstić information content (AvgIpc) is 3.46. The Bertz CT molecular complexity index is 1900. The van der Waals surface area contributed by atoms with E-state index >= 15 is 0 Å². The predicted molar refractivity (Wildman–Crippen MR) is 240 cm³/mol. The number of aliphatic carboxylic acids is 1. The monoisotopic (exact) mass is 1150 g/mol. The van der Waals surface area contributed by atoms with E-state index in [1.54, 1.807) is 0 Å². The van der Waals surface area contributed by atoms with Gasteiger partial charge in [0.25, 0.3) is 5.79 Å². The zero-order valence-corrected chi connectivity index (χ0v) is 41.9. The quantitative estimate of drug-likeness (QED) is 0.0427. The summed E-state index contributed by atoms with van der Waals surface area (Å²) in [4.78, 5) is 37.7. The fourth-order valence-electron chi connectivity index (χ4n) is 9.57. The van der Waals surface area contributed by atoms with Gasteiger partial charge in [-0.15, -0.1) is 0 Å². The van der Waals surface area contributed by atoms with Crippen molar-refractivity contribution < 1.29 is 164 Å². The lowest BCUT2D eigenvalue weighted by Gasteiger charge is -2.51. The van der Waals surface area contributed by atoms with Gasteiger partial charge in [0.15, 0.2) is 25.2 Å². The normalized spacial score (nSPS) is 43.8. The van der Waals surface area contributed by atoms with Gasteiger partial charge in [0, 0.05) is 20.3 Å². The molecule has 30 atom stereocenters. The number of ether oxygens (including phenoxy) is 10. The zero-order valence-electron chi connectivity index (χ0n) is 41.9. The van der Waals surface area contributed by atoms with Crippen LogP contribution in [-0.2, 0) is 61.8 Å². The number of rotatable bonds is 24. The van der Waals surface area contributed by atoms with Gasteiger partial charge < -0.3 is 160 Å². The molecule has 0 aromatic carbocycles. The third kappa shape index (κ3) is 14.5. The van der Waals surface area contributed by atoms with Crippen molar-refractivity contribution in [2.45, 2.75) is 211 Å². The summed E-state index contributed by atoms with van der Waals surface area (Å²) in [5.41, 5.74) is 0. The maximum Gasteiger partial charge on any atom is 0.364 e. The second kappa shape index (κ2) is 28.5. The second-order valence-corrected chi connectivity index (χ2v) is 19.4. The molecule has 78 heavy (non-hydrogen) atoms. The minimum Gasteiger partial charge on any atom is -0.477 e. The van der Waals surface area contributed by atoms with Crippen LogP contribution in [0.25, 0.3) is 0 Å². The molecule has 5 fully saturated rings. The Morgan fingerprint density at radius 1 is 0.538 bits per heavy atom. The van der Waals surface area contributed by atoms with E-state index in [4.69, 9.17) is 47.4 Å². The molecule has 0 aromatic rings. The summed E-state index contributed by atoms with van der Waals surface area (Å²) in [6.45, 7) is -3.72. The van der Waals surface area contributed by atoms with Crippen molar-refractivity contribution in [1.82, 2.24) is 10.6 Å². The first-order valence-electron chi connectivity index (χ1n) is 24.5. The minimum absolute atomic E-state index is 0.830. The third-order valence-electron chi connectivity index (χ3n) is 13.8. The van der Waals surface area contributed by atoms with E-state index in [0.717, 1.165) is 13.8 Å². The fraction of sp³-hybridized carbons (Fsp3) is 0.930. The van der Waals surface area contributed by atoms with E-state index in [1.165, 1.54) is 6.92 Å². The van der Waals surface area contributed by atoms with E-state index in [-0.39, 0.29) is 0 Å². The molecule has 5 rings (SSSR count). The second-order valence-electron chi connectivity index (χ2n) is 19.4. The third-order valence-corrected chi connectivity index (χ3v) is 13.8. The molecule has 35 heteroatoms. The van der Waals surface area contributed by atoms with Crippen molar-refractivity contribution in [3.63, 3.8) is 0 Å². The maximum absolute atomic E-state index is 13.0. The minimum atomic E-state index is -3.21. The van der Waals surface area contributed by atoms with Crippen molar-refractivity contribution in [1.29, 1.82) is 0 Å². The van der Waals surface area contributed by atoms with Gasteiger partial charge in [0.05, 0.1) is 57.9 Å². The summed E-state index contributed by atoms with van der Waals surface area (Å²) in [6, 6.07) is -3.59. The van der Waals surface area contributed by atoms with Gasteiger partial charge in [-0.2, -0.15) is 0 Å². The summed E-state index contributed by atoms with van der Waals surface area (Å²) in [5.74, 6) is -7.06. The molecule has 5 saturated heterocycles. The standard InChI is InChI=1S/C43H74N2O33/c1-11-23(58)28(63)29(64)39(69-11)73-32(16(56)6-47)33(17(57)7-48)74-40-30(65)36(25(60)18(8-49)70-40)76-38-22(45-13(3)53)27(62)34(20(10-51)72-38)75-41-31(66)37(26(61)19(9-50)71-41)78-43(42(67)68)4-14(54)21(44-12(2)52)35(77-43)24(59)15(55)5-46/h11,14-41,46-51,54-66H,4-10H2,1-3H3,(H,44,52)(H,45,53)(H,67,68)/t11-,14-,15+,16-,17+,18+,19+,20+,21+,22+,23+,24+,25-,26-,27+,28+,29-,30+,31+,32+,33+,34+,35+,36-,37-,38-,39-,40-,41-,43-/m0/s1. The first-order valence-corrected chi connectivity index (χ1v) is 24.5. The fourth-order valence-corrected chi connectivity index (χ4v) is 9.57. The molecule has 0 radical (unpaired) electrons. The van der Waals surface area contributed by atoms with Crippen molar-refractivity contribution >= 4 is 17.8 Å². The first-order chi connectivity index (χ1) is 36.6. The number of carbonyl (C=O) groups excluding carboxylic acids is 2. The zero-order chi connectivity index (χ0) is 58.4. The first kappa shape index (κ1) is 66.1. The highest BCUT2D eigenvalue weighted by Gasteiger charge is 2.61. The van der Waals surface area contributed by atoms with Gasteiger partial charge in [-0.25, -0.2) is 4.79 Å². The van der Waals surface area contributed by atoms with Crippen LogP contribution >= 0.6 is 0 Å². The molecule has 0 spiro atoms. The Morgan fingerprint density at radius 2 is 1.00 bits per heavy atom. The highest BCUT2D eigenvalue weighted by molar-refractivity contribution is 5.76. The van der Waals surface area contributed by atoms with E-state index in [0.29, 0.717) is 0 Å². The van der Waals surface area contributed by atoms with Crippen LogP contribution in [0.15, 0.2) is 0 Å². The molecule has 2 amide bonds. The highest BCUT2D eigenvalue weighted by Crippen LogP contribution is 2.39. The van der Waals surface area contributed by atoms with Crippen LogP contribution in [0.1, 0.15) is 27.2 Å². The highest BCUT2D eigenvalue weighted by atomic mass is 16.8. The van der Waals surface area contributed by atoms with Crippen LogP contribution in [0.3, 0.4) is 0 Å². The number of hydrogen-bond donors (Lipinski definition) is 22. The van der Waals surface area contributed by atoms with Crippen LogP contribution in [0, 0.1) is 0 Å². The van der Waals surface area contributed by atoms with Crippen LogP contribution < -0.4 is 10.6 Å². The number of nitrogens with one attached hydrogen (secondary N) is 2. The van der Waals surface area contributed by atoms with Crippen molar-refractivity contribution in [2.75, 3.05) is 39.6 Å². The van der Waals surface area contributed by atoms with Crippen molar-refractivity contribution in [3.05, 3.63) is 0 Å². The summed E-state index contributed by atoms with van der Waals surface area (Å²) in [6.07, 6.45) is -56.6. The maximum atomic E-state index is 13.0. The van der Waals surface area contributed by atoms with Gasteiger partial charge in [-0.05, 0) is 6.92 Å². The van der Waals surface area contributed by atoms with Crippen LogP contribution in [-0.4, -0.2) is 343 Å². The van der Waals surface area contributed by atoms with Gasteiger partial charge in [0.1, 0.15) is 134 Å². The van der Waals surface area contributed by atoms with Crippen LogP contribution in [0.4, 0.5) is 0 Å². The number of aliphatic hydroxyl groups is 19. The number of carboxylic acids is 1. The number of amides is 2. The number of aliphatic hydroxyl groups excluding tert-OH is 19. The number of hydrogen-bond acceptors (Lipinski definition) is 32. The van der Waals surface area contributed by atoms with Gasteiger partial charge in [-0.3, -0.25) is 9.59 Å². The van der Waals surface area contributed by atoms with Gasteiger partial charge >= 0.3 is 5.97 Å². The van der Waals surface area contributed by atoms with E-state index < -0.39 is 247 Å². The number of carboxylic acid groups (broad SMARTS) is 1. The van der Waals surface area contributed by atoms with E-state index in [9.17, 15) is 117 Å². The molecule has 0 aromatic heterocycles. The lowest BCUT2D eigenvalue weighted by molar-refractivity contribution is -0.389. The average molecular weight is 1150 g/mol. The Labute approximate surface area is 442 Å². The molecule has 454 valence electrons. The molecule has 22 N–H and O–H groups in total. The van der Waals surface area contributed by atoms with E-state index in [2.05, 4.69) is 10.6 Å². The molecule has 5 heterocycles. The summed E-state index contributed by atoms with van der Waals surface area (Å²) in [5, 5.41) is 219. The Balaban J connectivity index is 1.42. The molecular weight excluding hydrogens is 1070 g/mol. The molecule has 0 saturated carbocycles. The summed E-state index contributed by atoms with van der Waals surface area (Å²) < 4.78 is 56.9. The van der Waals surface area contributed by atoms with Gasteiger partial charge in [-0.1, -0.05) is 0 Å². The van der Waals surface area contributed by atoms with Crippen LogP contribution in [0.2, 0.25) is 0 Å². The van der Waals surface area contributed by atoms with Gasteiger partial charge in [0.2, 0.25) is 11.8 Å². The molecule has 0 unspecified atom stereocenters. The lowest BCUT2D eigenvalue weighted by atomic mass is 9.88. The Morgan fingerprint density at radius 3 is 1.50 bits per heavy atom. The molecule has 0 bridgehead atoms. The lowest BCUT2D eigenvalue weighted by Crippen LogP contribution is -2.71. The molecular formula is C43H74N2O33. The predicted octanol–water partition coefficient (Wildman–Crippen LogP) is -13.9. The van der Waals surface area contributed by atoms with E-state index in [1.807, 2.05) is 0 Å². The van der Waals surface area contributed by atoms with Crippen molar-refractivity contribution in [3.8, 4) is 0 Å². The molecule has 0 aliphatic carbocycles. The SMILES string of the molecule is CC(=O)N[C@H]1[C@H](O[C@H]2[C@@H](O)[C@@H](CO)O[C@@H](O[C@@H]([C@H](O[C@@H]3O[C@@H](C)[C@@H](O)[C@@H](O)[C@@H]3O)[C@@H](O)CO)[C@H](O)CO)[C@@H]2O)O[C@H](CO)[C@@H](O[C@@H]2O[C@H](CO)[C@H](O)[C@H](O[C@]3(C(=O)O)C[C@H](O)[C@@H](NC(C)=O)[C@H]([C@H](O)[C@H](O)CO)O3)[C@H]2O)[C@@H]1O. The molecule has 35 nitrogen and oxygen atoms in total. The number of carbonyl (C=O) groups is 3. The van der Waals surface area contributed by atoms with Crippen molar-refractivity contribution in [2.24, 2.45) is 0 Å².